The third-order valence-corrected chi connectivity index (χ3v) is 5.07. The first-order chi connectivity index (χ1) is 8.88. The molecule has 1 fully saturated rings. The Bertz CT molecular complexity index is 516. The third-order valence-electron chi connectivity index (χ3n) is 3.63. The second-order valence-corrected chi connectivity index (χ2v) is 7.33. The predicted octanol–water partition coefficient (Wildman–Crippen LogP) is 1.86. The zero-order valence-corrected chi connectivity index (χ0v) is 12.2. The summed E-state index contributed by atoms with van der Waals surface area (Å²) in [6, 6.07) is 7.00. The van der Waals surface area contributed by atoms with E-state index in [1.807, 2.05) is 12.1 Å². The normalized spacial score (nSPS) is 23.4. The van der Waals surface area contributed by atoms with Gasteiger partial charge in [-0.3, -0.25) is 0 Å². The van der Waals surface area contributed by atoms with E-state index in [0.29, 0.717) is 30.2 Å². The van der Waals surface area contributed by atoms with Crippen molar-refractivity contribution in [1.82, 2.24) is 4.72 Å². The van der Waals surface area contributed by atoms with Crippen molar-refractivity contribution in [2.75, 3.05) is 6.54 Å². The quantitative estimate of drug-likeness (QED) is 0.867. The molecule has 1 aliphatic carbocycles. The molecule has 0 saturated heterocycles. The smallest absolute Gasteiger partial charge is 0.240 e. The van der Waals surface area contributed by atoms with Crippen LogP contribution >= 0.6 is 0 Å². The van der Waals surface area contributed by atoms with Gasteiger partial charge in [-0.1, -0.05) is 26.0 Å². The van der Waals surface area contributed by atoms with Crippen LogP contribution in [0.15, 0.2) is 29.2 Å². The van der Waals surface area contributed by atoms with Crippen molar-refractivity contribution in [2.24, 2.45) is 5.92 Å². The lowest BCUT2D eigenvalue weighted by atomic mass is 9.83. The van der Waals surface area contributed by atoms with E-state index in [0.717, 1.165) is 5.56 Å². The van der Waals surface area contributed by atoms with Gasteiger partial charge in [0, 0.05) is 6.54 Å². The van der Waals surface area contributed by atoms with E-state index in [4.69, 9.17) is 0 Å². The minimum Gasteiger partial charge on any atom is -0.393 e. The number of hydrogen-bond donors (Lipinski definition) is 2. The summed E-state index contributed by atoms with van der Waals surface area (Å²) in [7, 11) is -3.42. The number of aliphatic hydroxyl groups excluding tert-OH is 1. The molecule has 1 aromatic carbocycles. The highest BCUT2D eigenvalue weighted by molar-refractivity contribution is 7.89. The highest BCUT2D eigenvalue weighted by atomic mass is 32.2. The summed E-state index contributed by atoms with van der Waals surface area (Å²) in [5.74, 6) is 0.654. The number of rotatable bonds is 5. The number of aliphatic hydroxyl groups is 1. The maximum absolute atomic E-state index is 12.1. The monoisotopic (exact) mass is 283 g/mol. The Kier molecular flexibility index (Phi) is 4.28. The van der Waals surface area contributed by atoms with E-state index >= 15 is 0 Å². The van der Waals surface area contributed by atoms with Crippen LogP contribution in [-0.2, 0) is 10.0 Å². The van der Waals surface area contributed by atoms with Crippen molar-refractivity contribution < 1.29 is 13.5 Å². The van der Waals surface area contributed by atoms with Gasteiger partial charge in [-0.2, -0.15) is 0 Å². The molecule has 0 amide bonds. The molecule has 1 saturated carbocycles. The van der Waals surface area contributed by atoms with Crippen molar-refractivity contribution >= 4 is 10.0 Å². The van der Waals surface area contributed by atoms with Crippen LogP contribution in [0.2, 0.25) is 0 Å². The number of benzene rings is 1. The maximum Gasteiger partial charge on any atom is 0.240 e. The topological polar surface area (TPSA) is 66.4 Å². The summed E-state index contributed by atoms with van der Waals surface area (Å²) in [6.45, 7) is 4.55. The largest absolute Gasteiger partial charge is 0.393 e. The van der Waals surface area contributed by atoms with Gasteiger partial charge >= 0.3 is 0 Å². The van der Waals surface area contributed by atoms with Crippen molar-refractivity contribution in [2.45, 2.75) is 43.6 Å². The van der Waals surface area contributed by atoms with Crippen LogP contribution in [0.3, 0.4) is 0 Å². The summed E-state index contributed by atoms with van der Waals surface area (Å²) < 4.78 is 26.7. The van der Waals surface area contributed by atoms with Crippen LogP contribution < -0.4 is 4.72 Å². The molecule has 5 heteroatoms. The van der Waals surface area contributed by atoms with Gasteiger partial charge in [0.1, 0.15) is 0 Å². The molecule has 0 heterocycles. The molecule has 0 spiro atoms. The molecule has 4 nitrogen and oxygen atoms in total. The van der Waals surface area contributed by atoms with E-state index in [2.05, 4.69) is 18.6 Å². The zero-order valence-electron chi connectivity index (χ0n) is 11.3. The number of nitrogens with one attached hydrogen (secondary N) is 1. The highest BCUT2D eigenvalue weighted by Gasteiger charge is 2.28. The third kappa shape index (κ3) is 3.55. The maximum atomic E-state index is 12.1. The molecular formula is C14H21NO3S. The van der Waals surface area contributed by atoms with Gasteiger partial charge in [0.15, 0.2) is 0 Å². The zero-order chi connectivity index (χ0) is 14.0. The lowest BCUT2D eigenvalue weighted by Gasteiger charge is -2.31. The Morgan fingerprint density at radius 3 is 2.32 bits per heavy atom. The lowest BCUT2D eigenvalue weighted by Crippen LogP contribution is -2.38. The SMILES string of the molecule is CC(C)c1ccc(S(=O)(=O)NCC2CC(O)C2)cc1. The average Bonchev–Trinajstić information content (AvgIpc) is 2.33. The van der Waals surface area contributed by atoms with Gasteiger partial charge in [-0.15, -0.1) is 0 Å². The van der Waals surface area contributed by atoms with Gasteiger partial charge < -0.3 is 5.11 Å². The average molecular weight is 283 g/mol. The Balaban J connectivity index is 1.98. The van der Waals surface area contributed by atoms with Gasteiger partial charge in [-0.25, -0.2) is 13.1 Å². The van der Waals surface area contributed by atoms with Crippen LogP contribution in [0.1, 0.15) is 38.2 Å². The number of sulfonamides is 1. The molecule has 0 unspecified atom stereocenters. The van der Waals surface area contributed by atoms with Crippen molar-refractivity contribution in [1.29, 1.82) is 0 Å². The van der Waals surface area contributed by atoms with Crippen molar-refractivity contribution in [3.8, 4) is 0 Å². The molecule has 1 aliphatic rings. The molecule has 1 aromatic rings. The molecular weight excluding hydrogens is 262 g/mol. The van der Waals surface area contributed by atoms with E-state index in [1.165, 1.54) is 0 Å². The molecule has 2 rings (SSSR count). The van der Waals surface area contributed by atoms with E-state index in [1.54, 1.807) is 12.1 Å². The van der Waals surface area contributed by atoms with E-state index in [9.17, 15) is 13.5 Å². The summed E-state index contributed by atoms with van der Waals surface area (Å²) >= 11 is 0. The summed E-state index contributed by atoms with van der Waals surface area (Å²) in [4.78, 5) is 0.303. The molecule has 0 radical (unpaired) electrons. The second-order valence-electron chi connectivity index (χ2n) is 5.57. The van der Waals surface area contributed by atoms with Crippen LogP contribution in [-0.4, -0.2) is 26.2 Å². The van der Waals surface area contributed by atoms with Crippen molar-refractivity contribution in [3.05, 3.63) is 29.8 Å². The molecule has 2 N–H and O–H groups in total. The predicted molar refractivity (Wildman–Crippen MR) is 74.5 cm³/mol. The van der Waals surface area contributed by atoms with Gasteiger partial charge in [0.2, 0.25) is 10.0 Å². The fourth-order valence-electron chi connectivity index (χ4n) is 2.21. The van der Waals surface area contributed by atoms with E-state index in [-0.39, 0.29) is 12.0 Å². The standard InChI is InChI=1S/C14H21NO3S/c1-10(2)12-3-5-14(6-4-12)19(17,18)15-9-11-7-13(16)8-11/h3-6,10-11,13,15-16H,7-9H2,1-2H3. The fraction of sp³-hybridized carbons (Fsp3) is 0.571. The molecule has 0 aromatic heterocycles. The summed E-state index contributed by atoms with van der Waals surface area (Å²) in [5, 5.41) is 9.17. The van der Waals surface area contributed by atoms with Crippen LogP contribution in [0.4, 0.5) is 0 Å². The highest BCUT2D eigenvalue weighted by Crippen LogP contribution is 2.26. The summed E-state index contributed by atoms with van der Waals surface area (Å²) in [6.07, 6.45) is 1.13. The first-order valence-corrected chi connectivity index (χ1v) is 8.14. The Morgan fingerprint density at radius 1 is 1.26 bits per heavy atom. The molecule has 0 atom stereocenters. The van der Waals surface area contributed by atoms with Crippen molar-refractivity contribution in [3.63, 3.8) is 0 Å². The molecule has 0 aliphatic heterocycles. The van der Waals surface area contributed by atoms with E-state index < -0.39 is 10.0 Å². The minimum absolute atomic E-state index is 0.250. The first kappa shape index (κ1) is 14.5. The first-order valence-electron chi connectivity index (χ1n) is 6.66. The van der Waals surface area contributed by atoms with Crippen LogP contribution in [0, 0.1) is 5.92 Å². The minimum atomic E-state index is -3.42. The van der Waals surface area contributed by atoms with Gasteiger partial charge in [0.25, 0.3) is 0 Å². The Morgan fingerprint density at radius 2 is 1.84 bits per heavy atom. The molecule has 106 valence electrons. The Hall–Kier alpha value is -0.910. The lowest BCUT2D eigenvalue weighted by molar-refractivity contribution is 0.0453. The van der Waals surface area contributed by atoms with Crippen LogP contribution in [0.25, 0.3) is 0 Å². The Labute approximate surface area is 114 Å². The second kappa shape index (κ2) is 5.61. The summed E-state index contributed by atoms with van der Waals surface area (Å²) in [5.41, 5.74) is 1.13. The fourth-order valence-corrected chi connectivity index (χ4v) is 3.33. The molecule has 0 bridgehead atoms. The molecule has 19 heavy (non-hydrogen) atoms. The van der Waals surface area contributed by atoms with Crippen LogP contribution in [0.5, 0.6) is 0 Å². The van der Waals surface area contributed by atoms with Gasteiger partial charge in [-0.05, 0) is 42.4 Å². The number of hydrogen-bond acceptors (Lipinski definition) is 3. The van der Waals surface area contributed by atoms with Gasteiger partial charge in [0.05, 0.1) is 11.0 Å².